The SMILES string of the molecule is Nc1cccc(C(=O)Nc2cncc(Oc3cncnc3)n2)c1. The van der Waals surface area contributed by atoms with Gasteiger partial charge in [0.15, 0.2) is 11.6 Å². The summed E-state index contributed by atoms with van der Waals surface area (Å²) in [6.45, 7) is 0. The van der Waals surface area contributed by atoms with E-state index in [1.807, 2.05) is 0 Å². The first-order chi connectivity index (χ1) is 11.2. The first-order valence-corrected chi connectivity index (χ1v) is 6.62. The maximum absolute atomic E-state index is 12.1. The van der Waals surface area contributed by atoms with Gasteiger partial charge >= 0.3 is 0 Å². The van der Waals surface area contributed by atoms with Crippen LogP contribution in [0.25, 0.3) is 0 Å². The number of nitrogens with two attached hydrogens (primary N) is 1. The van der Waals surface area contributed by atoms with Crippen LogP contribution < -0.4 is 15.8 Å². The molecule has 0 saturated carbocycles. The molecule has 2 heterocycles. The van der Waals surface area contributed by atoms with E-state index in [0.29, 0.717) is 17.0 Å². The van der Waals surface area contributed by atoms with E-state index in [1.54, 1.807) is 24.3 Å². The molecule has 0 fully saturated rings. The van der Waals surface area contributed by atoms with E-state index >= 15 is 0 Å². The van der Waals surface area contributed by atoms with Crippen molar-refractivity contribution in [1.29, 1.82) is 0 Å². The number of nitrogens with zero attached hydrogens (tertiary/aromatic N) is 4. The van der Waals surface area contributed by atoms with Gasteiger partial charge in [0.25, 0.3) is 5.91 Å². The molecule has 2 aromatic heterocycles. The van der Waals surface area contributed by atoms with Crippen LogP contribution in [0.4, 0.5) is 11.5 Å². The van der Waals surface area contributed by atoms with Crippen molar-refractivity contribution in [2.75, 3.05) is 11.1 Å². The summed E-state index contributed by atoms with van der Waals surface area (Å²) in [6, 6.07) is 6.63. The van der Waals surface area contributed by atoms with Crippen LogP contribution in [0.2, 0.25) is 0 Å². The predicted molar refractivity (Wildman–Crippen MR) is 82.9 cm³/mol. The van der Waals surface area contributed by atoms with Crippen molar-refractivity contribution in [3.63, 3.8) is 0 Å². The van der Waals surface area contributed by atoms with Gasteiger partial charge in [-0.3, -0.25) is 9.78 Å². The van der Waals surface area contributed by atoms with Crippen molar-refractivity contribution in [3.05, 3.63) is 60.9 Å². The maximum atomic E-state index is 12.1. The first-order valence-electron chi connectivity index (χ1n) is 6.62. The molecule has 8 nitrogen and oxygen atoms in total. The van der Waals surface area contributed by atoms with Crippen molar-refractivity contribution in [3.8, 4) is 11.6 Å². The molecule has 114 valence electrons. The summed E-state index contributed by atoms with van der Waals surface area (Å²) in [5.74, 6) is 0.546. The third kappa shape index (κ3) is 3.76. The van der Waals surface area contributed by atoms with Crippen LogP contribution in [0.15, 0.2) is 55.4 Å². The molecule has 0 aliphatic carbocycles. The molecule has 0 saturated heterocycles. The number of benzene rings is 1. The molecule has 0 atom stereocenters. The van der Waals surface area contributed by atoms with Crippen LogP contribution >= 0.6 is 0 Å². The minimum absolute atomic E-state index is 0.213. The highest BCUT2D eigenvalue weighted by atomic mass is 16.5. The highest BCUT2D eigenvalue weighted by Crippen LogP contribution is 2.18. The Hall–Kier alpha value is -3.55. The van der Waals surface area contributed by atoms with Crippen LogP contribution in [-0.2, 0) is 0 Å². The van der Waals surface area contributed by atoms with Gasteiger partial charge in [0.2, 0.25) is 5.88 Å². The molecule has 8 heteroatoms. The molecule has 0 unspecified atom stereocenters. The summed E-state index contributed by atoms with van der Waals surface area (Å²) in [6.07, 6.45) is 7.21. The molecular weight excluding hydrogens is 296 g/mol. The Kier molecular flexibility index (Phi) is 4.05. The highest BCUT2D eigenvalue weighted by Gasteiger charge is 2.09. The monoisotopic (exact) mass is 308 g/mol. The van der Waals surface area contributed by atoms with Crippen LogP contribution in [-0.4, -0.2) is 25.8 Å². The van der Waals surface area contributed by atoms with E-state index in [0.717, 1.165) is 0 Å². The second-order valence-electron chi connectivity index (χ2n) is 4.50. The second-order valence-corrected chi connectivity index (χ2v) is 4.50. The normalized spacial score (nSPS) is 10.1. The van der Waals surface area contributed by atoms with Crippen LogP contribution in [0.1, 0.15) is 10.4 Å². The van der Waals surface area contributed by atoms with Gasteiger partial charge in [0.05, 0.1) is 24.8 Å². The lowest BCUT2D eigenvalue weighted by Gasteiger charge is -2.07. The number of carbonyl (C=O) groups excluding carboxylic acids is 1. The number of anilines is 2. The molecule has 3 N–H and O–H groups in total. The Bertz CT molecular complexity index is 825. The number of nitrogen functional groups attached to an aromatic ring is 1. The molecule has 0 aliphatic heterocycles. The molecule has 3 aromatic rings. The zero-order chi connectivity index (χ0) is 16.1. The van der Waals surface area contributed by atoms with Crippen molar-refractivity contribution < 1.29 is 9.53 Å². The Morgan fingerprint density at radius 2 is 1.91 bits per heavy atom. The van der Waals surface area contributed by atoms with Gasteiger partial charge in [-0.2, -0.15) is 4.98 Å². The van der Waals surface area contributed by atoms with Gasteiger partial charge in [0.1, 0.15) is 6.33 Å². The number of aromatic nitrogens is 4. The van der Waals surface area contributed by atoms with Gasteiger partial charge in [-0.15, -0.1) is 0 Å². The molecule has 0 aliphatic rings. The van der Waals surface area contributed by atoms with Gasteiger partial charge in [-0.05, 0) is 18.2 Å². The molecule has 0 radical (unpaired) electrons. The minimum Gasteiger partial charge on any atom is -0.434 e. The van der Waals surface area contributed by atoms with E-state index in [-0.39, 0.29) is 17.6 Å². The third-order valence-corrected chi connectivity index (χ3v) is 2.76. The van der Waals surface area contributed by atoms with E-state index in [1.165, 1.54) is 31.1 Å². The van der Waals surface area contributed by atoms with E-state index < -0.39 is 0 Å². The molecule has 0 spiro atoms. The first kappa shape index (κ1) is 14.4. The smallest absolute Gasteiger partial charge is 0.256 e. The Morgan fingerprint density at radius 1 is 1.09 bits per heavy atom. The predicted octanol–water partition coefficient (Wildman–Crippen LogP) is 1.89. The number of carbonyl (C=O) groups is 1. The highest BCUT2D eigenvalue weighted by molar-refractivity contribution is 6.04. The standard InChI is InChI=1S/C15H12N6O2/c16-11-3-1-2-10(4-11)15(22)21-13-7-17-8-14(20-13)23-12-5-18-9-19-6-12/h1-9H,16H2,(H,20,21,22). The lowest BCUT2D eigenvalue weighted by molar-refractivity contribution is 0.102. The molecule has 1 amide bonds. The van der Waals surface area contributed by atoms with Crippen molar-refractivity contribution in [2.24, 2.45) is 0 Å². The third-order valence-electron chi connectivity index (χ3n) is 2.76. The number of hydrogen-bond acceptors (Lipinski definition) is 7. The summed E-state index contributed by atoms with van der Waals surface area (Å²) in [5.41, 5.74) is 6.59. The van der Waals surface area contributed by atoms with Crippen LogP contribution in [0.3, 0.4) is 0 Å². The number of amides is 1. The largest absolute Gasteiger partial charge is 0.434 e. The van der Waals surface area contributed by atoms with Crippen molar-refractivity contribution >= 4 is 17.4 Å². The summed E-state index contributed by atoms with van der Waals surface area (Å²) in [5, 5.41) is 2.63. The van der Waals surface area contributed by atoms with Crippen LogP contribution in [0.5, 0.6) is 11.6 Å². The van der Waals surface area contributed by atoms with Gasteiger partial charge in [-0.25, -0.2) is 9.97 Å². The fraction of sp³-hybridized carbons (Fsp3) is 0. The van der Waals surface area contributed by atoms with Gasteiger partial charge in [0, 0.05) is 11.3 Å². The number of ether oxygens (including phenoxy) is 1. The topological polar surface area (TPSA) is 116 Å². The van der Waals surface area contributed by atoms with E-state index in [2.05, 4.69) is 25.3 Å². The summed E-state index contributed by atoms with van der Waals surface area (Å²) >= 11 is 0. The number of nitrogens with one attached hydrogen (secondary N) is 1. The Balaban J connectivity index is 1.74. The van der Waals surface area contributed by atoms with Crippen molar-refractivity contribution in [2.45, 2.75) is 0 Å². The molecule has 1 aromatic carbocycles. The number of rotatable bonds is 4. The maximum Gasteiger partial charge on any atom is 0.256 e. The van der Waals surface area contributed by atoms with Gasteiger partial charge in [-0.1, -0.05) is 6.07 Å². The van der Waals surface area contributed by atoms with E-state index in [9.17, 15) is 4.79 Å². The number of hydrogen-bond donors (Lipinski definition) is 2. The van der Waals surface area contributed by atoms with Crippen molar-refractivity contribution in [1.82, 2.24) is 19.9 Å². The summed E-state index contributed by atoms with van der Waals surface area (Å²) < 4.78 is 5.46. The lowest BCUT2D eigenvalue weighted by atomic mass is 10.2. The van der Waals surface area contributed by atoms with E-state index in [4.69, 9.17) is 10.5 Å². The van der Waals surface area contributed by atoms with Gasteiger partial charge < -0.3 is 15.8 Å². The average molecular weight is 308 g/mol. The fourth-order valence-electron chi connectivity index (χ4n) is 1.78. The molecule has 23 heavy (non-hydrogen) atoms. The average Bonchev–Trinajstić information content (AvgIpc) is 2.56. The zero-order valence-electron chi connectivity index (χ0n) is 11.9. The van der Waals surface area contributed by atoms with Crippen LogP contribution in [0, 0.1) is 0 Å². The molecular formula is C15H12N6O2. The summed E-state index contributed by atoms with van der Waals surface area (Å²) in [7, 11) is 0. The Morgan fingerprint density at radius 3 is 2.70 bits per heavy atom. The quantitative estimate of drug-likeness (QED) is 0.707. The summed E-state index contributed by atoms with van der Waals surface area (Å²) in [4.78, 5) is 27.9. The molecule has 3 rings (SSSR count). The minimum atomic E-state index is -0.341. The lowest BCUT2D eigenvalue weighted by Crippen LogP contribution is -2.13. The second kappa shape index (κ2) is 6.48. The zero-order valence-corrected chi connectivity index (χ0v) is 11.9. The Labute approximate surface area is 131 Å². The fourth-order valence-corrected chi connectivity index (χ4v) is 1.78. The molecule has 0 bridgehead atoms.